The number of nitrogens with one attached hydrogen (secondary N) is 2. The van der Waals surface area contributed by atoms with Crippen LogP contribution in [0.5, 0.6) is 0 Å². The van der Waals surface area contributed by atoms with Crippen LogP contribution in [0.25, 0.3) is 10.8 Å². The predicted octanol–water partition coefficient (Wildman–Crippen LogP) is 2.65. The Morgan fingerprint density at radius 3 is 2.76 bits per heavy atom. The van der Waals surface area contributed by atoms with Crippen LogP contribution in [0.1, 0.15) is 28.9 Å². The Balaban J connectivity index is 1.43. The Hall–Kier alpha value is -3.19. The Bertz CT molecular complexity index is 1010. The summed E-state index contributed by atoms with van der Waals surface area (Å²) < 4.78 is 0. The minimum absolute atomic E-state index is 0.106. The topological polar surface area (TPSA) is 96.2 Å². The van der Waals surface area contributed by atoms with Crippen molar-refractivity contribution in [3.05, 3.63) is 60.0 Å². The van der Waals surface area contributed by atoms with Gasteiger partial charge in [-0.3, -0.25) is 9.78 Å². The molecule has 4 rings (SSSR count). The summed E-state index contributed by atoms with van der Waals surface area (Å²) in [4.78, 5) is 23.3. The normalized spacial score (nSPS) is 15.3. The summed E-state index contributed by atoms with van der Waals surface area (Å²) in [6.07, 6.45) is 5.34. The second-order valence-electron chi connectivity index (χ2n) is 7.55. The third-order valence-corrected chi connectivity index (χ3v) is 5.43. The molecule has 2 aromatic heterocycles. The lowest BCUT2D eigenvalue weighted by atomic mass is 10.1. The van der Waals surface area contributed by atoms with E-state index in [1.54, 1.807) is 12.4 Å². The van der Waals surface area contributed by atoms with Crippen molar-refractivity contribution in [2.24, 2.45) is 0 Å². The van der Waals surface area contributed by atoms with E-state index < -0.39 is 0 Å². The van der Waals surface area contributed by atoms with Crippen LogP contribution in [-0.2, 0) is 6.54 Å². The lowest BCUT2D eigenvalue weighted by Crippen LogP contribution is -2.43. The van der Waals surface area contributed by atoms with Gasteiger partial charge in [-0.2, -0.15) is 0 Å². The van der Waals surface area contributed by atoms with Gasteiger partial charge in [-0.25, -0.2) is 4.98 Å². The molecule has 3 aromatic rings. The van der Waals surface area contributed by atoms with E-state index in [-0.39, 0.29) is 11.9 Å². The molecule has 0 bridgehead atoms. The number of fused-ring (bicyclic) bond motifs is 1. The number of hydrogen-bond acceptors (Lipinski definition) is 6. The molecule has 29 heavy (non-hydrogen) atoms. The van der Waals surface area contributed by atoms with Crippen LogP contribution in [0.3, 0.4) is 0 Å². The Labute approximate surface area is 170 Å². The predicted molar refractivity (Wildman–Crippen MR) is 116 cm³/mol. The first kappa shape index (κ1) is 19.1. The summed E-state index contributed by atoms with van der Waals surface area (Å²) in [5.41, 5.74) is 8.40. The highest BCUT2D eigenvalue weighted by molar-refractivity contribution is 5.99. The highest BCUT2D eigenvalue weighted by atomic mass is 16.1. The lowest BCUT2D eigenvalue weighted by Gasteiger charge is -2.29. The molecule has 1 saturated heterocycles. The standard InChI is InChI=1S/C22H26N6O/c1-28-11-7-16(8-12-28)27-22(29)20-13-15(5-9-24-20)14-26-19-4-2-3-18-17(19)6-10-25-21(18)23/h2-6,9-10,13,16,26H,7-8,11-12,14H2,1H3,(H2,23,25)(H,27,29). The molecule has 1 aromatic carbocycles. The van der Waals surface area contributed by atoms with Crippen molar-refractivity contribution in [3.8, 4) is 0 Å². The molecule has 1 aliphatic heterocycles. The molecule has 0 atom stereocenters. The number of likely N-dealkylation sites (tertiary alicyclic amines) is 1. The number of aromatic nitrogens is 2. The summed E-state index contributed by atoms with van der Waals surface area (Å²) >= 11 is 0. The fraction of sp³-hybridized carbons (Fsp3) is 0.318. The lowest BCUT2D eigenvalue weighted by molar-refractivity contribution is 0.0911. The molecule has 150 valence electrons. The maximum absolute atomic E-state index is 12.6. The van der Waals surface area contributed by atoms with Crippen LogP contribution in [0, 0.1) is 0 Å². The average molecular weight is 390 g/mol. The molecule has 0 spiro atoms. The van der Waals surface area contributed by atoms with Crippen molar-refractivity contribution in [2.45, 2.75) is 25.4 Å². The summed E-state index contributed by atoms with van der Waals surface area (Å²) in [5.74, 6) is 0.410. The zero-order valence-corrected chi connectivity index (χ0v) is 16.6. The third-order valence-electron chi connectivity index (χ3n) is 5.43. The van der Waals surface area contributed by atoms with E-state index in [1.807, 2.05) is 36.4 Å². The second-order valence-corrected chi connectivity index (χ2v) is 7.55. The average Bonchev–Trinajstić information content (AvgIpc) is 2.74. The van der Waals surface area contributed by atoms with Gasteiger partial charge in [0.1, 0.15) is 11.5 Å². The van der Waals surface area contributed by atoms with Crippen LogP contribution < -0.4 is 16.4 Å². The molecule has 0 aliphatic carbocycles. The van der Waals surface area contributed by atoms with Gasteiger partial charge in [-0.15, -0.1) is 0 Å². The number of pyridine rings is 2. The minimum atomic E-state index is -0.106. The van der Waals surface area contributed by atoms with Gasteiger partial charge in [0.25, 0.3) is 5.91 Å². The highest BCUT2D eigenvalue weighted by Gasteiger charge is 2.19. The van der Waals surface area contributed by atoms with Crippen LogP contribution in [0.4, 0.5) is 11.5 Å². The number of nitrogens with zero attached hydrogens (tertiary/aromatic N) is 3. The first-order valence-electron chi connectivity index (χ1n) is 9.91. The second kappa shape index (κ2) is 8.45. The molecule has 0 saturated carbocycles. The number of carbonyl (C=O) groups excluding carboxylic acids is 1. The number of rotatable bonds is 5. The van der Waals surface area contributed by atoms with Crippen LogP contribution in [-0.4, -0.2) is 47.0 Å². The van der Waals surface area contributed by atoms with Gasteiger partial charge in [0.15, 0.2) is 0 Å². The fourth-order valence-corrected chi connectivity index (χ4v) is 3.70. The SMILES string of the molecule is CN1CCC(NC(=O)c2cc(CNc3cccc4c(N)nccc34)ccn2)CC1. The van der Waals surface area contributed by atoms with Gasteiger partial charge in [0.2, 0.25) is 0 Å². The monoisotopic (exact) mass is 390 g/mol. The molecule has 7 nitrogen and oxygen atoms in total. The van der Waals surface area contributed by atoms with E-state index in [0.29, 0.717) is 18.1 Å². The Morgan fingerprint density at radius 2 is 1.93 bits per heavy atom. The zero-order chi connectivity index (χ0) is 20.2. The molecule has 1 aliphatic rings. The smallest absolute Gasteiger partial charge is 0.270 e. The summed E-state index contributed by atoms with van der Waals surface area (Å²) in [7, 11) is 2.11. The Morgan fingerprint density at radius 1 is 1.14 bits per heavy atom. The van der Waals surface area contributed by atoms with Crippen molar-refractivity contribution in [2.75, 3.05) is 31.2 Å². The number of benzene rings is 1. The molecule has 0 unspecified atom stereocenters. The molecule has 4 N–H and O–H groups in total. The first-order valence-corrected chi connectivity index (χ1v) is 9.91. The quantitative estimate of drug-likeness (QED) is 0.620. The van der Waals surface area contributed by atoms with Crippen molar-refractivity contribution in [1.29, 1.82) is 0 Å². The summed E-state index contributed by atoms with van der Waals surface area (Å²) in [6, 6.07) is 11.9. The number of carbonyl (C=O) groups is 1. The van der Waals surface area contributed by atoms with E-state index in [2.05, 4.69) is 32.5 Å². The molecule has 1 amide bonds. The number of piperidine rings is 1. The Kier molecular flexibility index (Phi) is 5.57. The maximum atomic E-state index is 12.6. The van der Waals surface area contributed by atoms with Gasteiger partial charge in [-0.05, 0) is 62.8 Å². The number of amides is 1. The van der Waals surface area contributed by atoms with Crippen molar-refractivity contribution < 1.29 is 4.79 Å². The summed E-state index contributed by atoms with van der Waals surface area (Å²) in [6.45, 7) is 2.60. The minimum Gasteiger partial charge on any atom is -0.383 e. The maximum Gasteiger partial charge on any atom is 0.270 e. The molecular weight excluding hydrogens is 364 g/mol. The molecule has 3 heterocycles. The number of hydrogen-bond donors (Lipinski definition) is 3. The number of anilines is 2. The van der Waals surface area contributed by atoms with E-state index in [4.69, 9.17) is 5.73 Å². The van der Waals surface area contributed by atoms with Gasteiger partial charge in [0, 0.05) is 41.4 Å². The van der Waals surface area contributed by atoms with E-state index in [0.717, 1.165) is 48.0 Å². The van der Waals surface area contributed by atoms with E-state index >= 15 is 0 Å². The number of nitrogen functional groups attached to an aromatic ring is 1. The van der Waals surface area contributed by atoms with Crippen molar-refractivity contribution in [1.82, 2.24) is 20.2 Å². The summed E-state index contributed by atoms with van der Waals surface area (Å²) in [5, 5.41) is 8.50. The van der Waals surface area contributed by atoms with Gasteiger partial charge >= 0.3 is 0 Å². The molecule has 7 heteroatoms. The van der Waals surface area contributed by atoms with Gasteiger partial charge in [0.05, 0.1) is 0 Å². The van der Waals surface area contributed by atoms with Crippen LogP contribution in [0.2, 0.25) is 0 Å². The van der Waals surface area contributed by atoms with E-state index in [9.17, 15) is 4.79 Å². The van der Waals surface area contributed by atoms with Crippen molar-refractivity contribution >= 4 is 28.2 Å². The van der Waals surface area contributed by atoms with Crippen molar-refractivity contribution in [3.63, 3.8) is 0 Å². The molecular formula is C22H26N6O. The van der Waals surface area contributed by atoms with Gasteiger partial charge < -0.3 is 21.3 Å². The highest BCUT2D eigenvalue weighted by Crippen LogP contribution is 2.26. The molecule has 1 fully saturated rings. The zero-order valence-electron chi connectivity index (χ0n) is 16.6. The van der Waals surface area contributed by atoms with E-state index in [1.165, 1.54) is 0 Å². The number of nitrogens with two attached hydrogens (primary N) is 1. The third kappa shape index (κ3) is 4.46. The largest absolute Gasteiger partial charge is 0.383 e. The molecule has 0 radical (unpaired) electrons. The van der Waals surface area contributed by atoms with Crippen LogP contribution >= 0.6 is 0 Å². The van der Waals surface area contributed by atoms with Crippen LogP contribution in [0.15, 0.2) is 48.8 Å². The van der Waals surface area contributed by atoms with Gasteiger partial charge in [-0.1, -0.05) is 12.1 Å². The fourth-order valence-electron chi connectivity index (χ4n) is 3.70. The first-order chi connectivity index (χ1) is 14.1.